The molecule has 1 saturated heterocycles. The standard InChI is InChI=1S/C9H17F2NO2/c1-12(7-8(10)11)4-3-9-13-5-2-6-14-9/h8-9H,2-7H2,1H3. The van der Waals surface area contributed by atoms with Crippen molar-refractivity contribution in [3.63, 3.8) is 0 Å². The van der Waals surface area contributed by atoms with Gasteiger partial charge in [0, 0.05) is 13.0 Å². The van der Waals surface area contributed by atoms with Crippen LogP contribution in [-0.4, -0.2) is 51.0 Å². The van der Waals surface area contributed by atoms with Gasteiger partial charge in [-0.05, 0) is 13.5 Å². The SMILES string of the molecule is CN(CCC1OCCCO1)CC(F)F. The van der Waals surface area contributed by atoms with Crippen LogP contribution >= 0.6 is 0 Å². The monoisotopic (exact) mass is 209 g/mol. The second-order valence-corrected chi connectivity index (χ2v) is 3.47. The molecule has 0 N–H and O–H groups in total. The van der Waals surface area contributed by atoms with E-state index in [0.29, 0.717) is 26.2 Å². The molecule has 0 aliphatic carbocycles. The first-order valence-corrected chi connectivity index (χ1v) is 4.88. The molecule has 14 heavy (non-hydrogen) atoms. The van der Waals surface area contributed by atoms with Gasteiger partial charge in [0.25, 0.3) is 6.43 Å². The van der Waals surface area contributed by atoms with E-state index < -0.39 is 6.43 Å². The van der Waals surface area contributed by atoms with Gasteiger partial charge in [-0.15, -0.1) is 0 Å². The van der Waals surface area contributed by atoms with E-state index in [1.54, 1.807) is 11.9 Å². The molecule has 5 heteroatoms. The van der Waals surface area contributed by atoms with Gasteiger partial charge < -0.3 is 14.4 Å². The van der Waals surface area contributed by atoms with Crippen molar-refractivity contribution in [2.75, 3.05) is 33.4 Å². The van der Waals surface area contributed by atoms with Gasteiger partial charge in [0.15, 0.2) is 6.29 Å². The Hall–Kier alpha value is -0.260. The molecule has 0 radical (unpaired) electrons. The minimum Gasteiger partial charge on any atom is -0.353 e. The van der Waals surface area contributed by atoms with Crippen LogP contribution in [0.4, 0.5) is 8.78 Å². The molecule has 84 valence electrons. The Morgan fingerprint density at radius 3 is 2.57 bits per heavy atom. The summed E-state index contributed by atoms with van der Waals surface area (Å²) in [4.78, 5) is 1.59. The maximum absolute atomic E-state index is 11.9. The van der Waals surface area contributed by atoms with E-state index in [0.717, 1.165) is 6.42 Å². The third-order valence-corrected chi connectivity index (χ3v) is 2.09. The van der Waals surface area contributed by atoms with E-state index >= 15 is 0 Å². The van der Waals surface area contributed by atoms with Crippen molar-refractivity contribution in [2.45, 2.75) is 25.6 Å². The Morgan fingerprint density at radius 2 is 2.00 bits per heavy atom. The van der Waals surface area contributed by atoms with Gasteiger partial charge in [0.1, 0.15) is 0 Å². The summed E-state index contributed by atoms with van der Waals surface area (Å²) in [5.74, 6) is 0. The Labute approximate surface area is 83.0 Å². The van der Waals surface area contributed by atoms with Crippen LogP contribution in [0.1, 0.15) is 12.8 Å². The van der Waals surface area contributed by atoms with Crippen LogP contribution in [-0.2, 0) is 9.47 Å². The van der Waals surface area contributed by atoms with Crippen LogP contribution < -0.4 is 0 Å². The van der Waals surface area contributed by atoms with Gasteiger partial charge in [-0.2, -0.15) is 0 Å². The predicted octanol–water partition coefficient (Wildman–Crippen LogP) is 1.34. The lowest BCUT2D eigenvalue weighted by Gasteiger charge is -2.25. The van der Waals surface area contributed by atoms with E-state index in [2.05, 4.69) is 0 Å². The third-order valence-electron chi connectivity index (χ3n) is 2.09. The molecule has 0 spiro atoms. The molecule has 0 unspecified atom stereocenters. The molecule has 0 amide bonds. The number of hydrogen-bond donors (Lipinski definition) is 0. The summed E-state index contributed by atoms with van der Waals surface area (Å²) in [6.45, 7) is 1.81. The number of nitrogens with zero attached hydrogens (tertiary/aromatic N) is 1. The first kappa shape index (κ1) is 11.8. The predicted molar refractivity (Wildman–Crippen MR) is 48.4 cm³/mol. The molecule has 1 heterocycles. The van der Waals surface area contributed by atoms with Gasteiger partial charge in [0.2, 0.25) is 0 Å². The van der Waals surface area contributed by atoms with Crippen molar-refractivity contribution in [2.24, 2.45) is 0 Å². The topological polar surface area (TPSA) is 21.7 Å². The number of rotatable bonds is 5. The number of hydrogen-bond acceptors (Lipinski definition) is 3. The van der Waals surface area contributed by atoms with E-state index in [-0.39, 0.29) is 12.8 Å². The summed E-state index contributed by atoms with van der Waals surface area (Å²) in [6, 6.07) is 0. The average molecular weight is 209 g/mol. The average Bonchev–Trinajstić information content (AvgIpc) is 2.15. The summed E-state index contributed by atoms with van der Waals surface area (Å²) >= 11 is 0. The molecule has 1 aliphatic heterocycles. The largest absolute Gasteiger partial charge is 0.353 e. The van der Waals surface area contributed by atoms with Crippen molar-refractivity contribution in [1.82, 2.24) is 4.90 Å². The van der Waals surface area contributed by atoms with Crippen LogP contribution in [0.25, 0.3) is 0 Å². The third kappa shape index (κ3) is 4.83. The number of halogens is 2. The molecule has 1 aliphatic rings. The molecule has 1 rings (SSSR count). The highest BCUT2D eigenvalue weighted by Crippen LogP contribution is 2.09. The van der Waals surface area contributed by atoms with E-state index in [1.165, 1.54) is 0 Å². The van der Waals surface area contributed by atoms with Crippen molar-refractivity contribution in [3.8, 4) is 0 Å². The second kappa shape index (κ2) is 6.27. The van der Waals surface area contributed by atoms with Gasteiger partial charge in [-0.1, -0.05) is 0 Å². The maximum atomic E-state index is 11.9. The Kier molecular flexibility index (Phi) is 5.29. The Balaban J connectivity index is 2.06. The summed E-state index contributed by atoms with van der Waals surface area (Å²) in [5, 5.41) is 0. The van der Waals surface area contributed by atoms with Gasteiger partial charge in [-0.25, -0.2) is 8.78 Å². The minimum absolute atomic E-state index is 0.188. The molecular formula is C9H17F2NO2. The van der Waals surface area contributed by atoms with Crippen LogP contribution in [0.2, 0.25) is 0 Å². The Bertz CT molecular complexity index is 152. The smallest absolute Gasteiger partial charge is 0.251 e. The molecule has 0 atom stereocenters. The summed E-state index contributed by atoms with van der Waals surface area (Å²) in [7, 11) is 1.68. The zero-order chi connectivity index (χ0) is 10.4. The Morgan fingerprint density at radius 1 is 1.36 bits per heavy atom. The molecule has 1 fully saturated rings. The molecule has 0 bridgehead atoms. The lowest BCUT2D eigenvalue weighted by Crippen LogP contribution is -2.32. The molecular weight excluding hydrogens is 192 g/mol. The molecule has 0 aromatic rings. The lowest BCUT2D eigenvalue weighted by molar-refractivity contribution is -0.182. The number of alkyl halides is 2. The minimum atomic E-state index is -2.27. The van der Waals surface area contributed by atoms with Crippen molar-refractivity contribution in [1.29, 1.82) is 0 Å². The highest BCUT2D eigenvalue weighted by molar-refractivity contribution is 4.57. The molecule has 3 nitrogen and oxygen atoms in total. The lowest BCUT2D eigenvalue weighted by atomic mass is 10.3. The highest BCUT2D eigenvalue weighted by atomic mass is 19.3. The fourth-order valence-corrected chi connectivity index (χ4v) is 1.36. The highest BCUT2D eigenvalue weighted by Gasteiger charge is 2.15. The second-order valence-electron chi connectivity index (χ2n) is 3.47. The van der Waals surface area contributed by atoms with Crippen molar-refractivity contribution < 1.29 is 18.3 Å². The van der Waals surface area contributed by atoms with Gasteiger partial charge in [0.05, 0.1) is 19.8 Å². The van der Waals surface area contributed by atoms with E-state index in [4.69, 9.17) is 9.47 Å². The van der Waals surface area contributed by atoms with Crippen molar-refractivity contribution >= 4 is 0 Å². The maximum Gasteiger partial charge on any atom is 0.251 e. The zero-order valence-electron chi connectivity index (χ0n) is 8.42. The molecule has 0 saturated carbocycles. The first-order valence-electron chi connectivity index (χ1n) is 4.88. The summed E-state index contributed by atoms with van der Waals surface area (Å²) < 4.78 is 34.5. The van der Waals surface area contributed by atoms with Crippen LogP contribution in [0.5, 0.6) is 0 Å². The summed E-state index contributed by atoms with van der Waals surface area (Å²) in [5.41, 5.74) is 0. The fourth-order valence-electron chi connectivity index (χ4n) is 1.36. The fraction of sp³-hybridized carbons (Fsp3) is 1.00. The van der Waals surface area contributed by atoms with Crippen molar-refractivity contribution in [3.05, 3.63) is 0 Å². The molecule has 0 aromatic carbocycles. The van der Waals surface area contributed by atoms with Gasteiger partial charge >= 0.3 is 0 Å². The molecule has 0 aromatic heterocycles. The van der Waals surface area contributed by atoms with Gasteiger partial charge in [-0.3, -0.25) is 0 Å². The number of ether oxygens (including phenoxy) is 2. The summed E-state index contributed by atoms with van der Waals surface area (Å²) in [6.07, 6.45) is -0.899. The van der Waals surface area contributed by atoms with Crippen LogP contribution in [0.15, 0.2) is 0 Å². The first-order chi connectivity index (χ1) is 6.68. The van der Waals surface area contributed by atoms with E-state index in [1.807, 2.05) is 0 Å². The quantitative estimate of drug-likeness (QED) is 0.682. The zero-order valence-corrected chi connectivity index (χ0v) is 8.42. The normalized spacial score (nSPS) is 19.5. The van der Waals surface area contributed by atoms with Crippen LogP contribution in [0.3, 0.4) is 0 Å². The van der Waals surface area contributed by atoms with Crippen LogP contribution in [0, 0.1) is 0 Å². The van der Waals surface area contributed by atoms with E-state index in [9.17, 15) is 8.78 Å².